The van der Waals surface area contributed by atoms with Gasteiger partial charge in [0.15, 0.2) is 11.6 Å². The standard InChI is InChI=1S/C34H45F3O3/c1-3-5-6-20-39-28-17-14-26(31(35)21-28)22-40-27-15-12-24(13-16-27)30-19-18-29(33(36)34(30)37)23-8-10-25(11-9-23)32(38)7-4-2/h3,14,17-19,21,23-25,27,32,38H,1,4-13,15-16,20,22H2,2H3. The number of hydrogen-bond acceptors (Lipinski definition) is 3. The van der Waals surface area contributed by atoms with Crippen LogP contribution in [0, 0.1) is 23.4 Å². The number of aliphatic hydroxyl groups is 1. The third-order valence-corrected chi connectivity index (χ3v) is 8.92. The fourth-order valence-corrected chi connectivity index (χ4v) is 6.46. The molecule has 40 heavy (non-hydrogen) atoms. The second-order valence-electron chi connectivity index (χ2n) is 11.7. The molecule has 0 bridgehead atoms. The van der Waals surface area contributed by atoms with E-state index in [2.05, 4.69) is 13.5 Å². The molecule has 2 saturated carbocycles. The Labute approximate surface area is 237 Å². The van der Waals surface area contributed by atoms with Crippen LogP contribution in [0.5, 0.6) is 5.75 Å². The molecule has 0 saturated heterocycles. The Kier molecular flexibility index (Phi) is 11.5. The molecule has 2 aromatic carbocycles. The number of unbranched alkanes of at least 4 members (excludes halogenated alkanes) is 1. The van der Waals surface area contributed by atoms with Gasteiger partial charge in [-0.15, -0.1) is 6.58 Å². The smallest absolute Gasteiger partial charge is 0.162 e. The lowest BCUT2D eigenvalue weighted by molar-refractivity contribution is 0.0118. The van der Waals surface area contributed by atoms with Crippen molar-refractivity contribution in [2.45, 2.75) is 115 Å². The molecule has 1 N–H and O–H groups in total. The number of hydrogen-bond donors (Lipinski definition) is 1. The van der Waals surface area contributed by atoms with E-state index >= 15 is 8.78 Å². The number of allylic oxidation sites excluding steroid dienone is 1. The lowest BCUT2D eigenvalue weighted by Gasteiger charge is -2.32. The molecular formula is C34H45F3O3. The molecule has 0 spiro atoms. The lowest BCUT2D eigenvalue weighted by atomic mass is 9.75. The minimum atomic E-state index is -0.705. The number of ether oxygens (including phenoxy) is 2. The Morgan fingerprint density at radius 1 is 0.925 bits per heavy atom. The zero-order chi connectivity index (χ0) is 28.5. The van der Waals surface area contributed by atoms with E-state index in [0.29, 0.717) is 41.9 Å². The number of aliphatic hydroxyl groups excluding tert-OH is 1. The van der Waals surface area contributed by atoms with Crippen molar-refractivity contribution in [3.8, 4) is 5.75 Å². The number of rotatable bonds is 13. The third-order valence-electron chi connectivity index (χ3n) is 8.92. The summed E-state index contributed by atoms with van der Waals surface area (Å²) in [7, 11) is 0. The molecule has 0 aromatic heterocycles. The molecule has 0 heterocycles. The van der Waals surface area contributed by atoms with Crippen molar-refractivity contribution in [3.05, 3.63) is 77.1 Å². The van der Waals surface area contributed by atoms with Gasteiger partial charge in [0.05, 0.1) is 25.4 Å². The maximum atomic E-state index is 15.3. The lowest BCUT2D eigenvalue weighted by Crippen LogP contribution is -2.25. The van der Waals surface area contributed by atoms with Gasteiger partial charge in [0.2, 0.25) is 0 Å². The Morgan fingerprint density at radius 3 is 2.12 bits per heavy atom. The molecule has 1 unspecified atom stereocenters. The number of halogens is 3. The summed E-state index contributed by atoms with van der Waals surface area (Å²) in [5.74, 6) is -1.01. The maximum absolute atomic E-state index is 15.3. The van der Waals surface area contributed by atoms with Gasteiger partial charge in [-0.3, -0.25) is 0 Å². The van der Waals surface area contributed by atoms with E-state index < -0.39 is 11.6 Å². The average molecular weight is 559 g/mol. The van der Waals surface area contributed by atoms with Gasteiger partial charge >= 0.3 is 0 Å². The van der Waals surface area contributed by atoms with Crippen LogP contribution >= 0.6 is 0 Å². The summed E-state index contributed by atoms with van der Waals surface area (Å²) in [5.41, 5.74) is 1.43. The molecule has 220 valence electrons. The van der Waals surface area contributed by atoms with Gasteiger partial charge in [-0.05, 0) is 106 Å². The first-order valence-electron chi connectivity index (χ1n) is 15.2. The van der Waals surface area contributed by atoms with Gasteiger partial charge in [0, 0.05) is 11.6 Å². The van der Waals surface area contributed by atoms with Crippen LogP contribution in [0.1, 0.15) is 112 Å². The van der Waals surface area contributed by atoms with E-state index in [4.69, 9.17) is 9.47 Å². The highest BCUT2D eigenvalue weighted by molar-refractivity contribution is 5.32. The quantitative estimate of drug-likeness (QED) is 0.197. The van der Waals surface area contributed by atoms with Gasteiger partial charge in [-0.2, -0.15) is 0 Å². The second kappa shape index (κ2) is 15.1. The molecule has 2 aliphatic carbocycles. The van der Waals surface area contributed by atoms with E-state index in [0.717, 1.165) is 64.2 Å². The normalized spacial score (nSPS) is 24.0. The minimum absolute atomic E-state index is 0.0102. The van der Waals surface area contributed by atoms with E-state index in [9.17, 15) is 9.50 Å². The summed E-state index contributed by atoms with van der Waals surface area (Å²) in [6.07, 6.45) is 11.1. The molecular weight excluding hydrogens is 513 g/mol. The fourth-order valence-electron chi connectivity index (χ4n) is 6.46. The second-order valence-corrected chi connectivity index (χ2v) is 11.7. The van der Waals surface area contributed by atoms with Crippen molar-refractivity contribution in [1.82, 2.24) is 0 Å². The van der Waals surface area contributed by atoms with Gasteiger partial charge in [-0.1, -0.05) is 37.6 Å². The highest BCUT2D eigenvalue weighted by Crippen LogP contribution is 2.42. The topological polar surface area (TPSA) is 38.7 Å². The first-order chi connectivity index (χ1) is 19.4. The van der Waals surface area contributed by atoms with Crippen molar-refractivity contribution in [1.29, 1.82) is 0 Å². The molecule has 0 amide bonds. The van der Waals surface area contributed by atoms with Crippen molar-refractivity contribution < 1.29 is 27.8 Å². The van der Waals surface area contributed by atoms with Gasteiger partial charge in [-0.25, -0.2) is 13.2 Å². The molecule has 3 nitrogen and oxygen atoms in total. The fraction of sp³-hybridized carbons (Fsp3) is 0.588. The first kappa shape index (κ1) is 30.6. The molecule has 4 rings (SSSR count). The molecule has 0 radical (unpaired) electrons. The van der Waals surface area contributed by atoms with E-state index in [-0.39, 0.29) is 42.4 Å². The Hall–Kier alpha value is -2.31. The van der Waals surface area contributed by atoms with E-state index in [1.165, 1.54) is 6.07 Å². The van der Waals surface area contributed by atoms with E-state index in [1.54, 1.807) is 24.3 Å². The Morgan fingerprint density at radius 2 is 1.55 bits per heavy atom. The monoisotopic (exact) mass is 558 g/mol. The minimum Gasteiger partial charge on any atom is -0.493 e. The van der Waals surface area contributed by atoms with Gasteiger partial charge in [0.25, 0.3) is 0 Å². The van der Waals surface area contributed by atoms with Crippen LogP contribution in [0.3, 0.4) is 0 Å². The summed E-state index contributed by atoms with van der Waals surface area (Å²) < 4.78 is 56.6. The van der Waals surface area contributed by atoms with Crippen molar-refractivity contribution in [3.63, 3.8) is 0 Å². The predicted octanol–water partition coefficient (Wildman–Crippen LogP) is 9.13. The molecule has 2 aliphatic rings. The Balaban J connectivity index is 1.25. The van der Waals surface area contributed by atoms with Crippen LogP contribution in [-0.2, 0) is 11.3 Å². The predicted molar refractivity (Wildman–Crippen MR) is 153 cm³/mol. The molecule has 0 aliphatic heterocycles. The molecule has 6 heteroatoms. The van der Waals surface area contributed by atoms with Crippen LogP contribution in [0.25, 0.3) is 0 Å². The van der Waals surface area contributed by atoms with E-state index in [1.807, 2.05) is 6.08 Å². The van der Waals surface area contributed by atoms with Crippen molar-refractivity contribution in [2.75, 3.05) is 6.61 Å². The van der Waals surface area contributed by atoms with Crippen molar-refractivity contribution in [2.24, 2.45) is 5.92 Å². The molecule has 2 fully saturated rings. The number of benzene rings is 2. The zero-order valence-corrected chi connectivity index (χ0v) is 23.9. The van der Waals surface area contributed by atoms with Gasteiger partial charge in [0.1, 0.15) is 11.6 Å². The van der Waals surface area contributed by atoms with Crippen LogP contribution in [0.15, 0.2) is 43.0 Å². The SMILES string of the molecule is C=CCCCOc1ccc(COC2CCC(c3ccc(C4CCC(C(O)CCC)CC4)c(F)c3F)CC2)c(F)c1. The first-order valence-corrected chi connectivity index (χ1v) is 15.2. The van der Waals surface area contributed by atoms with Crippen LogP contribution in [-0.4, -0.2) is 23.9 Å². The summed E-state index contributed by atoms with van der Waals surface area (Å²) in [6, 6.07) is 8.43. The third kappa shape index (κ3) is 7.91. The highest BCUT2D eigenvalue weighted by Gasteiger charge is 2.31. The molecule has 2 aromatic rings. The summed E-state index contributed by atoms with van der Waals surface area (Å²) in [4.78, 5) is 0. The zero-order valence-electron chi connectivity index (χ0n) is 23.9. The maximum Gasteiger partial charge on any atom is 0.162 e. The highest BCUT2D eigenvalue weighted by atomic mass is 19.2. The van der Waals surface area contributed by atoms with Crippen molar-refractivity contribution >= 4 is 0 Å². The Bertz CT molecular complexity index is 1090. The summed E-state index contributed by atoms with van der Waals surface area (Å²) in [6.45, 7) is 6.44. The molecule has 1 atom stereocenters. The van der Waals surface area contributed by atoms with Gasteiger partial charge < -0.3 is 14.6 Å². The van der Waals surface area contributed by atoms with Crippen LogP contribution < -0.4 is 4.74 Å². The largest absolute Gasteiger partial charge is 0.493 e. The van der Waals surface area contributed by atoms with Crippen LogP contribution in [0.2, 0.25) is 0 Å². The van der Waals surface area contributed by atoms with Crippen LogP contribution in [0.4, 0.5) is 13.2 Å². The average Bonchev–Trinajstić information content (AvgIpc) is 2.97. The summed E-state index contributed by atoms with van der Waals surface area (Å²) in [5, 5.41) is 10.3. The summed E-state index contributed by atoms with van der Waals surface area (Å²) >= 11 is 0.